The standard InChI is InChI=1S/C23H25ClFN5O/c1-14-9-15(10-19-20(14)21-17(23(31)28-19)3-2-4-26-21)13-29-5-7-30(8-6-29)22-18(25)11-16(24)12-27-22/h9-12,26H,2-8,13H2,1H3,(H,28,31). The van der Waals surface area contributed by atoms with Gasteiger partial charge in [-0.25, -0.2) is 9.37 Å². The number of rotatable bonds is 3. The molecule has 2 aromatic heterocycles. The van der Waals surface area contributed by atoms with Gasteiger partial charge in [-0.05, 0) is 43.0 Å². The molecule has 31 heavy (non-hydrogen) atoms. The number of nitrogens with zero attached hydrogens (tertiary/aromatic N) is 3. The van der Waals surface area contributed by atoms with Crippen LogP contribution in [0.3, 0.4) is 0 Å². The second-order valence-electron chi connectivity index (χ2n) is 8.40. The van der Waals surface area contributed by atoms with Crippen LogP contribution in [0.1, 0.15) is 23.1 Å². The molecule has 1 fully saturated rings. The number of piperazine rings is 1. The fourth-order valence-electron chi connectivity index (χ4n) is 4.77. The molecular weight excluding hydrogens is 417 g/mol. The molecule has 1 saturated heterocycles. The number of pyridine rings is 2. The fourth-order valence-corrected chi connectivity index (χ4v) is 4.92. The van der Waals surface area contributed by atoms with Crippen LogP contribution in [0.15, 0.2) is 29.2 Å². The maximum atomic E-state index is 14.2. The minimum Gasteiger partial charge on any atom is -0.384 e. The van der Waals surface area contributed by atoms with Gasteiger partial charge in [0, 0.05) is 56.4 Å². The summed E-state index contributed by atoms with van der Waals surface area (Å²) >= 11 is 5.82. The SMILES string of the molecule is Cc1cc(CN2CCN(c3ncc(Cl)cc3F)CC2)cc2[nH]c(=O)c3c(c12)NCCC3. The Hall–Kier alpha value is -2.64. The second-order valence-corrected chi connectivity index (χ2v) is 8.83. The number of benzene rings is 1. The molecule has 6 nitrogen and oxygen atoms in total. The molecule has 0 spiro atoms. The lowest BCUT2D eigenvalue weighted by Crippen LogP contribution is -2.46. The molecule has 5 rings (SSSR count). The average molecular weight is 442 g/mol. The molecule has 0 unspecified atom stereocenters. The van der Waals surface area contributed by atoms with Crippen LogP contribution in [0.4, 0.5) is 15.9 Å². The van der Waals surface area contributed by atoms with Gasteiger partial charge in [0.25, 0.3) is 5.56 Å². The summed E-state index contributed by atoms with van der Waals surface area (Å²) in [6.07, 6.45) is 3.29. The molecule has 0 amide bonds. The van der Waals surface area contributed by atoms with Gasteiger partial charge in [-0.3, -0.25) is 9.69 Å². The van der Waals surface area contributed by atoms with Crippen molar-refractivity contribution in [3.8, 4) is 0 Å². The molecule has 2 aliphatic heterocycles. The van der Waals surface area contributed by atoms with Gasteiger partial charge in [0.15, 0.2) is 11.6 Å². The summed E-state index contributed by atoms with van der Waals surface area (Å²) in [4.78, 5) is 24.1. The zero-order chi connectivity index (χ0) is 21.5. The Morgan fingerprint density at radius 2 is 2.00 bits per heavy atom. The molecular formula is C23H25ClFN5O. The van der Waals surface area contributed by atoms with E-state index in [0.29, 0.717) is 23.9 Å². The van der Waals surface area contributed by atoms with E-state index in [1.165, 1.54) is 23.4 Å². The van der Waals surface area contributed by atoms with Gasteiger partial charge in [0.2, 0.25) is 0 Å². The third-order valence-electron chi connectivity index (χ3n) is 6.24. The normalized spacial score (nSPS) is 16.9. The lowest BCUT2D eigenvalue weighted by Gasteiger charge is -2.35. The molecule has 2 aliphatic rings. The van der Waals surface area contributed by atoms with Crippen molar-refractivity contribution >= 4 is 34.0 Å². The Bertz CT molecular complexity index is 1200. The molecule has 0 saturated carbocycles. The molecule has 3 aromatic rings. The fraction of sp³-hybridized carbons (Fsp3) is 0.391. The first-order valence-corrected chi connectivity index (χ1v) is 11.1. The molecule has 2 N–H and O–H groups in total. The van der Waals surface area contributed by atoms with E-state index in [2.05, 4.69) is 39.2 Å². The number of H-pyrrole nitrogens is 1. The largest absolute Gasteiger partial charge is 0.384 e. The average Bonchev–Trinajstić information content (AvgIpc) is 2.74. The van der Waals surface area contributed by atoms with Crippen molar-refractivity contribution in [2.45, 2.75) is 26.3 Å². The molecule has 0 bridgehead atoms. The summed E-state index contributed by atoms with van der Waals surface area (Å²) in [5.74, 6) is -0.0209. The van der Waals surface area contributed by atoms with Crippen molar-refractivity contribution in [1.82, 2.24) is 14.9 Å². The second kappa shape index (κ2) is 8.13. The lowest BCUT2D eigenvalue weighted by atomic mass is 9.97. The number of hydrogen-bond donors (Lipinski definition) is 2. The van der Waals surface area contributed by atoms with Gasteiger partial charge >= 0.3 is 0 Å². The van der Waals surface area contributed by atoms with E-state index in [-0.39, 0.29) is 11.4 Å². The van der Waals surface area contributed by atoms with Gasteiger partial charge < -0.3 is 15.2 Å². The minimum atomic E-state index is -0.382. The first kappa shape index (κ1) is 20.3. The molecule has 4 heterocycles. The zero-order valence-corrected chi connectivity index (χ0v) is 18.2. The smallest absolute Gasteiger partial charge is 0.253 e. The first-order valence-electron chi connectivity index (χ1n) is 10.7. The number of hydrogen-bond acceptors (Lipinski definition) is 5. The third kappa shape index (κ3) is 3.88. The van der Waals surface area contributed by atoms with E-state index in [4.69, 9.17) is 11.6 Å². The number of nitrogens with one attached hydrogen (secondary N) is 2. The minimum absolute atomic E-state index is 0.0114. The van der Waals surface area contributed by atoms with Gasteiger partial charge in [0.1, 0.15) is 0 Å². The summed E-state index contributed by atoms with van der Waals surface area (Å²) < 4.78 is 14.2. The Labute approximate surface area is 185 Å². The maximum Gasteiger partial charge on any atom is 0.253 e. The first-order chi connectivity index (χ1) is 15.0. The Morgan fingerprint density at radius 3 is 2.77 bits per heavy atom. The maximum absolute atomic E-state index is 14.2. The van der Waals surface area contributed by atoms with Crippen molar-refractivity contribution < 1.29 is 4.39 Å². The van der Waals surface area contributed by atoms with Gasteiger partial charge in [-0.2, -0.15) is 0 Å². The van der Waals surface area contributed by atoms with E-state index < -0.39 is 0 Å². The summed E-state index contributed by atoms with van der Waals surface area (Å²) in [5.41, 5.74) is 5.10. The number of aromatic amines is 1. The predicted octanol–water partition coefficient (Wildman–Crippen LogP) is 3.70. The van der Waals surface area contributed by atoms with Crippen LogP contribution in [0.2, 0.25) is 5.02 Å². The zero-order valence-electron chi connectivity index (χ0n) is 17.5. The van der Waals surface area contributed by atoms with Crippen molar-refractivity contribution in [2.24, 2.45) is 0 Å². The highest BCUT2D eigenvalue weighted by Gasteiger charge is 2.22. The Morgan fingerprint density at radius 1 is 1.19 bits per heavy atom. The number of aryl methyl sites for hydroxylation is 1. The molecule has 1 aromatic carbocycles. The van der Waals surface area contributed by atoms with Crippen LogP contribution in [-0.4, -0.2) is 47.6 Å². The van der Waals surface area contributed by atoms with E-state index in [9.17, 15) is 9.18 Å². The number of fused-ring (bicyclic) bond motifs is 3. The summed E-state index contributed by atoms with van der Waals surface area (Å²) in [5, 5.41) is 4.86. The van der Waals surface area contributed by atoms with Crippen molar-refractivity contribution in [1.29, 1.82) is 0 Å². The van der Waals surface area contributed by atoms with E-state index in [1.54, 1.807) is 0 Å². The van der Waals surface area contributed by atoms with Crippen molar-refractivity contribution in [3.05, 3.63) is 62.3 Å². The topological polar surface area (TPSA) is 64.3 Å². The van der Waals surface area contributed by atoms with E-state index in [0.717, 1.165) is 61.2 Å². The Balaban J connectivity index is 1.34. The van der Waals surface area contributed by atoms with E-state index >= 15 is 0 Å². The van der Waals surface area contributed by atoms with Crippen LogP contribution in [0, 0.1) is 12.7 Å². The predicted molar refractivity (Wildman–Crippen MR) is 123 cm³/mol. The number of aromatic nitrogens is 2. The third-order valence-corrected chi connectivity index (χ3v) is 6.45. The summed E-state index contributed by atoms with van der Waals surface area (Å²) in [6.45, 7) is 6.81. The lowest BCUT2D eigenvalue weighted by molar-refractivity contribution is 0.248. The van der Waals surface area contributed by atoms with Crippen LogP contribution < -0.4 is 15.8 Å². The number of halogens is 2. The van der Waals surface area contributed by atoms with Crippen LogP contribution in [0.25, 0.3) is 10.9 Å². The van der Waals surface area contributed by atoms with Crippen molar-refractivity contribution in [2.75, 3.05) is 42.9 Å². The van der Waals surface area contributed by atoms with Crippen LogP contribution in [-0.2, 0) is 13.0 Å². The quantitative estimate of drug-likeness (QED) is 0.648. The number of anilines is 2. The van der Waals surface area contributed by atoms with Crippen molar-refractivity contribution in [3.63, 3.8) is 0 Å². The highest BCUT2D eigenvalue weighted by Crippen LogP contribution is 2.31. The van der Waals surface area contributed by atoms with Gasteiger partial charge in [0.05, 0.1) is 16.2 Å². The highest BCUT2D eigenvalue weighted by molar-refractivity contribution is 6.30. The molecule has 0 atom stereocenters. The van der Waals surface area contributed by atoms with Gasteiger partial charge in [-0.15, -0.1) is 0 Å². The molecule has 0 radical (unpaired) electrons. The molecule has 162 valence electrons. The highest BCUT2D eigenvalue weighted by atomic mass is 35.5. The summed E-state index contributed by atoms with van der Waals surface area (Å²) in [7, 11) is 0. The molecule has 8 heteroatoms. The Kier molecular flexibility index (Phi) is 5.32. The molecule has 0 aliphatic carbocycles. The van der Waals surface area contributed by atoms with Crippen LogP contribution >= 0.6 is 11.6 Å². The summed E-state index contributed by atoms with van der Waals surface area (Å²) in [6, 6.07) is 5.61. The van der Waals surface area contributed by atoms with Crippen LogP contribution in [0.5, 0.6) is 0 Å². The monoisotopic (exact) mass is 441 g/mol. The van der Waals surface area contributed by atoms with E-state index in [1.807, 2.05) is 4.90 Å². The van der Waals surface area contributed by atoms with Gasteiger partial charge in [-0.1, -0.05) is 17.7 Å².